The van der Waals surface area contributed by atoms with E-state index in [1.54, 1.807) is 7.11 Å². The highest BCUT2D eigenvalue weighted by molar-refractivity contribution is 5.80. The highest BCUT2D eigenvalue weighted by Gasteiger charge is 2.41. The van der Waals surface area contributed by atoms with E-state index in [0.29, 0.717) is 18.2 Å². The third-order valence-electron chi connectivity index (χ3n) is 5.85. The van der Waals surface area contributed by atoms with Crippen LogP contribution in [-0.2, 0) is 11.2 Å². The average molecular weight is 371 g/mol. The fraction of sp³-hybridized carbons (Fsp3) is 0.579. The SMILES string of the molecule is COc1cc(N2CCC3CCN(C(=O)Cc4c(C)noc4C)C3C2)ncn1. The van der Waals surface area contributed by atoms with Gasteiger partial charge in [0.25, 0.3) is 0 Å². The number of piperidine rings is 1. The number of carbonyl (C=O) groups is 1. The first-order chi connectivity index (χ1) is 13.1. The first kappa shape index (κ1) is 17.8. The summed E-state index contributed by atoms with van der Waals surface area (Å²) in [6, 6.07) is 2.07. The van der Waals surface area contributed by atoms with Crippen LogP contribution in [0.15, 0.2) is 16.9 Å². The summed E-state index contributed by atoms with van der Waals surface area (Å²) in [6.07, 6.45) is 4.01. The molecule has 4 heterocycles. The molecule has 0 radical (unpaired) electrons. The fourth-order valence-corrected chi connectivity index (χ4v) is 4.28. The number of hydrogen-bond donors (Lipinski definition) is 0. The van der Waals surface area contributed by atoms with E-state index in [9.17, 15) is 4.79 Å². The molecule has 0 bridgehead atoms. The van der Waals surface area contributed by atoms with Crippen LogP contribution in [0.4, 0.5) is 5.82 Å². The van der Waals surface area contributed by atoms with Gasteiger partial charge >= 0.3 is 0 Å². The van der Waals surface area contributed by atoms with Gasteiger partial charge in [-0.05, 0) is 32.6 Å². The molecule has 8 heteroatoms. The Bertz CT molecular complexity index is 817. The molecule has 1 amide bonds. The summed E-state index contributed by atoms with van der Waals surface area (Å²) in [5, 5.41) is 3.97. The van der Waals surface area contributed by atoms with Crippen molar-refractivity contribution in [1.29, 1.82) is 0 Å². The Morgan fingerprint density at radius 2 is 2.11 bits per heavy atom. The number of fused-ring (bicyclic) bond motifs is 1. The van der Waals surface area contributed by atoms with Crippen LogP contribution in [0.1, 0.15) is 29.9 Å². The monoisotopic (exact) mass is 371 g/mol. The molecule has 2 fully saturated rings. The van der Waals surface area contributed by atoms with Gasteiger partial charge in [0.05, 0.1) is 25.3 Å². The molecule has 2 aromatic heterocycles. The third-order valence-corrected chi connectivity index (χ3v) is 5.85. The van der Waals surface area contributed by atoms with Gasteiger partial charge in [-0.3, -0.25) is 4.79 Å². The Hall–Kier alpha value is -2.64. The van der Waals surface area contributed by atoms with Gasteiger partial charge in [0, 0.05) is 31.3 Å². The Morgan fingerprint density at radius 1 is 1.30 bits per heavy atom. The number of nitrogens with zero attached hydrogens (tertiary/aromatic N) is 5. The second-order valence-electron chi connectivity index (χ2n) is 7.34. The number of amides is 1. The highest BCUT2D eigenvalue weighted by atomic mass is 16.5. The maximum absolute atomic E-state index is 13.0. The zero-order valence-electron chi connectivity index (χ0n) is 16.0. The molecule has 8 nitrogen and oxygen atoms in total. The van der Waals surface area contributed by atoms with E-state index >= 15 is 0 Å². The fourth-order valence-electron chi connectivity index (χ4n) is 4.28. The molecule has 0 spiro atoms. The van der Waals surface area contributed by atoms with Gasteiger partial charge in [0.15, 0.2) is 0 Å². The number of ether oxygens (including phenoxy) is 1. The Balaban J connectivity index is 1.49. The molecule has 144 valence electrons. The number of rotatable bonds is 4. The number of hydrogen-bond acceptors (Lipinski definition) is 7. The molecule has 27 heavy (non-hydrogen) atoms. The molecule has 4 rings (SSSR count). The van der Waals surface area contributed by atoms with Gasteiger partial charge < -0.3 is 19.1 Å². The standard InChI is InChI=1S/C19H25N5O3/c1-12-15(13(2)27-22-12)8-19(25)24-7-5-14-4-6-23(10-16(14)24)17-9-18(26-3)21-11-20-17/h9,11,14,16H,4-8,10H2,1-3H3. The van der Waals surface area contributed by atoms with Crippen molar-refractivity contribution in [2.75, 3.05) is 31.6 Å². The average Bonchev–Trinajstić information content (AvgIpc) is 3.25. The lowest BCUT2D eigenvalue weighted by Gasteiger charge is -2.39. The van der Waals surface area contributed by atoms with Crippen LogP contribution < -0.4 is 9.64 Å². The van der Waals surface area contributed by atoms with Gasteiger partial charge in [-0.1, -0.05) is 5.16 Å². The molecule has 2 aromatic rings. The van der Waals surface area contributed by atoms with Crippen molar-refractivity contribution < 1.29 is 14.1 Å². The maximum atomic E-state index is 13.0. The number of likely N-dealkylation sites (tertiary alicyclic amines) is 1. The van der Waals surface area contributed by atoms with Crippen LogP contribution >= 0.6 is 0 Å². The van der Waals surface area contributed by atoms with E-state index < -0.39 is 0 Å². The van der Waals surface area contributed by atoms with Crippen molar-refractivity contribution in [3.63, 3.8) is 0 Å². The summed E-state index contributed by atoms with van der Waals surface area (Å²) in [7, 11) is 1.60. The van der Waals surface area contributed by atoms with E-state index in [-0.39, 0.29) is 11.9 Å². The van der Waals surface area contributed by atoms with Crippen LogP contribution in [0.25, 0.3) is 0 Å². The predicted molar refractivity (Wildman–Crippen MR) is 98.7 cm³/mol. The van der Waals surface area contributed by atoms with Crippen molar-refractivity contribution in [2.45, 2.75) is 39.2 Å². The van der Waals surface area contributed by atoms with E-state index in [0.717, 1.165) is 55.3 Å². The molecule has 2 saturated heterocycles. The number of aryl methyl sites for hydroxylation is 2. The minimum atomic E-state index is 0.152. The smallest absolute Gasteiger partial charge is 0.227 e. The van der Waals surface area contributed by atoms with Crippen molar-refractivity contribution in [1.82, 2.24) is 20.0 Å². The molecule has 2 aliphatic rings. The molecule has 0 aliphatic carbocycles. The second-order valence-corrected chi connectivity index (χ2v) is 7.34. The zero-order chi connectivity index (χ0) is 19.0. The van der Waals surface area contributed by atoms with Gasteiger partial charge in [-0.15, -0.1) is 0 Å². The number of anilines is 1. The molecule has 2 aliphatic heterocycles. The van der Waals surface area contributed by atoms with Crippen LogP contribution in [0.3, 0.4) is 0 Å². The predicted octanol–water partition coefficient (Wildman–Crippen LogP) is 1.76. The zero-order valence-corrected chi connectivity index (χ0v) is 16.0. The lowest BCUT2D eigenvalue weighted by Crippen LogP contribution is -2.50. The van der Waals surface area contributed by atoms with Crippen molar-refractivity contribution in [3.05, 3.63) is 29.4 Å². The highest BCUT2D eigenvalue weighted by Crippen LogP contribution is 2.34. The van der Waals surface area contributed by atoms with E-state index in [4.69, 9.17) is 9.26 Å². The Labute approximate surface area is 158 Å². The molecule has 0 aromatic carbocycles. The normalized spacial score (nSPS) is 22.0. The van der Waals surface area contributed by atoms with Crippen molar-refractivity contribution in [3.8, 4) is 5.88 Å². The third kappa shape index (κ3) is 3.36. The van der Waals surface area contributed by atoms with E-state index in [2.05, 4.69) is 20.0 Å². The molecular weight excluding hydrogens is 346 g/mol. The first-order valence-electron chi connectivity index (χ1n) is 9.39. The minimum absolute atomic E-state index is 0.152. The van der Waals surface area contributed by atoms with Crippen LogP contribution in [-0.4, -0.2) is 58.7 Å². The molecule has 0 N–H and O–H groups in total. The van der Waals surface area contributed by atoms with E-state index in [1.165, 1.54) is 6.33 Å². The first-order valence-corrected chi connectivity index (χ1v) is 9.39. The summed E-state index contributed by atoms with van der Waals surface area (Å²) in [5.41, 5.74) is 1.71. The largest absolute Gasteiger partial charge is 0.481 e. The topological polar surface area (TPSA) is 84.6 Å². The lowest BCUT2D eigenvalue weighted by molar-refractivity contribution is -0.131. The number of carbonyl (C=O) groups excluding carboxylic acids is 1. The van der Waals surface area contributed by atoms with Crippen LogP contribution in [0.5, 0.6) is 5.88 Å². The second kappa shape index (κ2) is 7.17. The summed E-state index contributed by atoms with van der Waals surface area (Å²) < 4.78 is 10.4. The van der Waals surface area contributed by atoms with Crippen LogP contribution in [0.2, 0.25) is 0 Å². The summed E-state index contributed by atoms with van der Waals surface area (Å²) in [4.78, 5) is 25.8. The van der Waals surface area contributed by atoms with Crippen molar-refractivity contribution >= 4 is 11.7 Å². The molecular formula is C19H25N5O3. The Morgan fingerprint density at radius 3 is 2.85 bits per heavy atom. The summed E-state index contributed by atoms with van der Waals surface area (Å²) in [6.45, 7) is 6.29. The quantitative estimate of drug-likeness (QED) is 0.809. The lowest BCUT2D eigenvalue weighted by atomic mass is 9.92. The van der Waals surface area contributed by atoms with Gasteiger partial charge in [-0.25, -0.2) is 9.97 Å². The van der Waals surface area contributed by atoms with Crippen LogP contribution in [0, 0.1) is 19.8 Å². The molecule has 2 unspecified atom stereocenters. The van der Waals surface area contributed by atoms with E-state index in [1.807, 2.05) is 24.8 Å². The Kier molecular flexibility index (Phi) is 4.72. The number of aromatic nitrogens is 3. The molecule has 0 saturated carbocycles. The molecule has 2 atom stereocenters. The van der Waals surface area contributed by atoms with Crippen molar-refractivity contribution in [2.24, 2.45) is 5.92 Å². The maximum Gasteiger partial charge on any atom is 0.227 e. The number of methoxy groups -OCH3 is 1. The minimum Gasteiger partial charge on any atom is -0.481 e. The van der Waals surface area contributed by atoms with Gasteiger partial charge in [0.1, 0.15) is 17.9 Å². The van der Waals surface area contributed by atoms with Gasteiger partial charge in [-0.2, -0.15) is 0 Å². The summed E-state index contributed by atoms with van der Waals surface area (Å²) in [5.74, 6) is 2.85. The van der Waals surface area contributed by atoms with Gasteiger partial charge in [0.2, 0.25) is 11.8 Å². The summed E-state index contributed by atoms with van der Waals surface area (Å²) >= 11 is 0.